The number of amides is 1. The van der Waals surface area contributed by atoms with Crippen LogP contribution in [0.1, 0.15) is 42.3 Å². The molecule has 1 heterocycles. The Morgan fingerprint density at radius 2 is 2.00 bits per heavy atom. The van der Waals surface area contributed by atoms with Crippen molar-refractivity contribution >= 4 is 5.91 Å². The van der Waals surface area contributed by atoms with Crippen molar-refractivity contribution in [3.05, 3.63) is 46.8 Å². The summed E-state index contributed by atoms with van der Waals surface area (Å²) < 4.78 is 46.3. The third-order valence-electron chi connectivity index (χ3n) is 4.94. The smallest absolute Gasteiger partial charge is 0.435 e. The van der Waals surface area contributed by atoms with Gasteiger partial charge in [0.1, 0.15) is 12.3 Å². The predicted octanol–water partition coefficient (Wildman–Crippen LogP) is 3.54. The molecule has 1 aromatic heterocycles. The van der Waals surface area contributed by atoms with Crippen LogP contribution in [0.4, 0.5) is 13.2 Å². The van der Waals surface area contributed by atoms with Crippen molar-refractivity contribution < 1.29 is 22.7 Å². The molecule has 1 aromatic carbocycles. The van der Waals surface area contributed by atoms with Gasteiger partial charge in [-0.3, -0.25) is 9.48 Å². The first-order chi connectivity index (χ1) is 13.3. The lowest BCUT2D eigenvalue weighted by molar-refractivity contribution is -0.142. The molecule has 28 heavy (non-hydrogen) atoms. The normalized spacial score (nSPS) is 15.0. The first-order valence-electron chi connectivity index (χ1n) is 9.36. The third kappa shape index (κ3) is 4.48. The standard InChI is InChI=1S/C20H24F3N3O2/c1-13(11-14-7-3-6-10-17(14)28-2)24-18(27)12-26-16-9-5-4-8-15(16)19(25-26)20(21,22)23/h3,6-7,10,13H,4-5,8-9,11-12H2,1-2H3,(H,24,27). The molecule has 2 aromatic rings. The molecule has 0 spiro atoms. The Balaban J connectivity index is 1.69. The van der Waals surface area contributed by atoms with Gasteiger partial charge < -0.3 is 10.1 Å². The first-order valence-corrected chi connectivity index (χ1v) is 9.36. The molecule has 0 saturated carbocycles. The van der Waals surface area contributed by atoms with Crippen LogP contribution in [0.3, 0.4) is 0 Å². The van der Waals surface area contributed by atoms with Gasteiger partial charge in [-0.05, 0) is 50.7 Å². The van der Waals surface area contributed by atoms with Gasteiger partial charge in [0.15, 0.2) is 5.69 Å². The van der Waals surface area contributed by atoms with Crippen LogP contribution < -0.4 is 10.1 Å². The van der Waals surface area contributed by atoms with Gasteiger partial charge in [-0.25, -0.2) is 0 Å². The fraction of sp³-hybridized carbons (Fsp3) is 0.500. The molecule has 3 rings (SSSR count). The summed E-state index contributed by atoms with van der Waals surface area (Å²) >= 11 is 0. The van der Waals surface area contributed by atoms with E-state index in [1.165, 1.54) is 4.68 Å². The Morgan fingerprint density at radius 3 is 2.71 bits per heavy atom. The number of aromatic nitrogens is 2. The summed E-state index contributed by atoms with van der Waals surface area (Å²) in [7, 11) is 1.58. The second-order valence-electron chi connectivity index (χ2n) is 7.12. The zero-order valence-corrected chi connectivity index (χ0v) is 16.0. The molecule has 1 aliphatic rings. The van der Waals surface area contributed by atoms with Crippen molar-refractivity contribution in [2.75, 3.05) is 7.11 Å². The second kappa shape index (κ2) is 8.24. The van der Waals surface area contributed by atoms with Crippen LogP contribution in [0.25, 0.3) is 0 Å². The van der Waals surface area contributed by atoms with E-state index in [0.717, 1.165) is 17.7 Å². The van der Waals surface area contributed by atoms with Gasteiger partial charge in [-0.1, -0.05) is 18.2 Å². The number of ether oxygens (including phenoxy) is 1. The summed E-state index contributed by atoms with van der Waals surface area (Å²) in [4.78, 5) is 12.4. The number of hydrogen-bond acceptors (Lipinski definition) is 3. The van der Waals surface area contributed by atoms with E-state index < -0.39 is 11.9 Å². The van der Waals surface area contributed by atoms with Gasteiger partial charge in [0.05, 0.1) is 7.11 Å². The Morgan fingerprint density at radius 1 is 1.29 bits per heavy atom. The predicted molar refractivity (Wildman–Crippen MR) is 98.2 cm³/mol. The number of nitrogens with zero attached hydrogens (tertiary/aromatic N) is 2. The molecule has 0 aliphatic heterocycles. The number of nitrogens with one attached hydrogen (secondary N) is 1. The third-order valence-corrected chi connectivity index (χ3v) is 4.94. The number of fused-ring (bicyclic) bond motifs is 1. The van der Waals surface area contributed by atoms with Crippen LogP contribution in [0.15, 0.2) is 24.3 Å². The quantitative estimate of drug-likeness (QED) is 0.814. The van der Waals surface area contributed by atoms with Crippen LogP contribution in [-0.2, 0) is 36.8 Å². The molecule has 152 valence electrons. The maximum Gasteiger partial charge on any atom is 0.435 e. The van der Waals surface area contributed by atoms with E-state index in [1.807, 2.05) is 31.2 Å². The summed E-state index contributed by atoms with van der Waals surface area (Å²) in [5, 5.41) is 6.58. The fourth-order valence-electron chi connectivity index (χ4n) is 3.74. The largest absolute Gasteiger partial charge is 0.496 e. The van der Waals surface area contributed by atoms with E-state index in [4.69, 9.17) is 4.74 Å². The molecule has 8 heteroatoms. The number of carbonyl (C=O) groups is 1. The summed E-state index contributed by atoms with van der Waals surface area (Å²) in [6.07, 6.45) is -1.55. The van der Waals surface area contributed by atoms with Crippen LogP contribution in [0.5, 0.6) is 5.75 Å². The van der Waals surface area contributed by atoms with Gasteiger partial charge in [-0.2, -0.15) is 18.3 Å². The monoisotopic (exact) mass is 395 g/mol. The first kappa shape index (κ1) is 20.2. The minimum Gasteiger partial charge on any atom is -0.496 e. The number of methoxy groups -OCH3 is 1. The SMILES string of the molecule is COc1ccccc1CC(C)NC(=O)Cn1nc(C(F)(F)F)c2c1CCCC2. The number of para-hydroxylation sites is 1. The molecular formula is C20H24F3N3O2. The molecule has 1 amide bonds. The highest BCUT2D eigenvalue weighted by Crippen LogP contribution is 2.35. The number of benzene rings is 1. The van der Waals surface area contributed by atoms with Gasteiger partial charge in [0, 0.05) is 17.3 Å². The van der Waals surface area contributed by atoms with Crippen molar-refractivity contribution in [1.82, 2.24) is 15.1 Å². The van der Waals surface area contributed by atoms with E-state index in [0.29, 0.717) is 31.4 Å². The summed E-state index contributed by atoms with van der Waals surface area (Å²) in [6, 6.07) is 7.32. The lowest BCUT2D eigenvalue weighted by Gasteiger charge is -2.17. The molecule has 1 atom stereocenters. The topological polar surface area (TPSA) is 56.1 Å². The molecule has 0 saturated heterocycles. The molecule has 1 unspecified atom stereocenters. The van der Waals surface area contributed by atoms with Gasteiger partial charge in [0.25, 0.3) is 0 Å². The van der Waals surface area contributed by atoms with E-state index in [2.05, 4.69) is 10.4 Å². The summed E-state index contributed by atoms with van der Waals surface area (Å²) in [6.45, 7) is 1.64. The highest BCUT2D eigenvalue weighted by atomic mass is 19.4. The van der Waals surface area contributed by atoms with E-state index in [-0.39, 0.29) is 24.1 Å². The number of halogens is 3. The van der Waals surface area contributed by atoms with Crippen LogP contribution >= 0.6 is 0 Å². The van der Waals surface area contributed by atoms with E-state index in [9.17, 15) is 18.0 Å². The van der Waals surface area contributed by atoms with Crippen LogP contribution in [0.2, 0.25) is 0 Å². The lowest BCUT2D eigenvalue weighted by Crippen LogP contribution is -2.37. The molecule has 1 N–H and O–H groups in total. The molecule has 0 fully saturated rings. The lowest BCUT2D eigenvalue weighted by atomic mass is 9.95. The van der Waals surface area contributed by atoms with Crippen LogP contribution in [0, 0.1) is 0 Å². The van der Waals surface area contributed by atoms with Crippen molar-refractivity contribution in [2.24, 2.45) is 0 Å². The Bertz CT molecular complexity index is 846. The van der Waals surface area contributed by atoms with Crippen LogP contribution in [-0.4, -0.2) is 28.8 Å². The number of hydrogen-bond donors (Lipinski definition) is 1. The van der Waals surface area contributed by atoms with Gasteiger partial charge in [0.2, 0.25) is 5.91 Å². The number of carbonyl (C=O) groups excluding carboxylic acids is 1. The zero-order chi connectivity index (χ0) is 20.3. The zero-order valence-electron chi connectivity index (χ0n) is 16.0. The highest BCUT2D eigenvalue weighted by molar-refractivity contribution is 5.76. The van der Waals surface area contributed by atoms with Crippen molar-refractivity contribution in [1.29, 1.82) is 0 Å². The minimum atomic E-state index is -4.50. The molecule has 1 aliphatic carbocycles. The Hall–Kier alpha value is -2.51. The maximum absolute atomic E-state index is 13.3. The highest BCUT2D eigenvalue weighted by Gasteiger charge is 2.39. The fourth-order valence-corrected chi connectivity index (χ4v) is 3.74. The van der Waals surface area contributed by atoms with Gasteiger partial charge in [-0.15, -0.1) is 0 Å². The van der Waals surface area contributed by atoms with E-state index >= 15 is 0 Å². The van der Waals surface area contributed by atoms with Crippen molar-refractivity contribution in [3.8, 4) is 5.75 Å². The summed E-state index contributed by atoms with van der Waals surface area (Å²) in [5.41, 5.74) is 0.880. The number of rotatable bonds is 6. The average molecular weight is 395 g/mol. The Labute approximate surface area is 161 Å². The summed E-state index contributed by atoms with van der Waals surface area (Å²) in [5.74, 6) is 0.381. The van der Waals surface area contributed by atoms with Gasteiger partial charge >= 0.3 is 6.18 Å². The molecule has 0 radical (unpaired) electrons. The maximum atomic E-state index is 13.3. The average Bonchev–Trinajstić information content (AvgIpc) is 3.01. The molecule has 0 bridgehead atoms. The second-order valence-corrected chi connectivity index (χ2v) is 7.12. The Kier molecular flexibility index (Phi) is 5.96. The molecule has 5 nitrogen and oxygen atoms in total. The minimum absolute atomic E-state index is 0.197. The van der Waals surface area contributed by atoms with Crippen molar-refractivity contribution in [3.63, 3.8) is 0 Å². The van der Waals surface area contributed by atoms with E-state index in [1.54, 1.807) is 7.11 Å². The number of alkyl halides is 3. The molecular weight excluding hydrogens is 371 g/mol. The van der Waals surface area contributed by atoms with Crippen molar-refractivity contribution in [2.45, 2.75) is 57.8 Å².